The molecule has 1 heterocycles. The van der Waals surface area contributed by atoms with E-state index in [4.69, 9.17) is 0 Å². The minimum atomic E-state index is 0.346. The van der Waals surface area contributed by atoms with Crippen LogP contribution in [0.2, 0.25) is 0 Å². The normalized spacial score (nSPS) is 14.0. The van der Waals surface area contributed by atoms with Crippen LogP contribution >= 0.6 is 0 Å². The lowest BCUT2D eigenvalue weighted by Crippen LogP contribution is -2.31. The van der Waals surface area contributed by atoms with E-state index >= 15 is 0 Å². The second-order valence-electron chi connectivity index (χ2n) is 14.9. The monoisotopic (exact) mass is 647 g/mol. The molecule has 1 N–H and O–H groups in total. The molecule has 0 bridgehead atoms. The molecule has 5 aromatic carbocycles. The summed E-state index contributed by atoms with van der Waals surface area (Å²) in [5.41, 5.74) is 15.3. The first-order chi connectivity index (χ1) is 23.7. The van der Waals surface area contributed by atoms with Crippen molar-refractivity contribution >= 4 is 11.0 Å². The maximum atomic E-state index is 12.0. The smallest absolute Gasteiger partial charge is 0.295 e. The van der Waals surface area contributed by atoms with Gasteiger partial charge in [0.1, 0.15) is 11.4 Å². The van der Waals surface area contributed by atoms with Crippen molar-refractivity contribution in [2.45, 2.75) is 91.4 Å². The molecule has 1 aliphatic carbocycles. The number of para-hydroxylation sites is 4. The van der Waals surface area contributed by atoms with Crippen LogP contribution in [0.5, 0.6) is 5.75 Å². The van der Waals surface area contributed by atoms with Crippen molar-refractivity contribution in [1.29, 1.82) is 0 Å². The van der Waals surface area contributed by atoms with Gasteiger partial charge in [0, 0.05) is 22.3 Å². The molecule has 1 saturated carbocycles. The van der Waals surface area contributed by atoms with Gasteiger partial charge in [-0.3, -0.25) is 0 Å². The molecule has 3 nitrogen and oxygen atoms in total. The molecule has 0 aliphatic heterocycles. The van der Waals surface area contributed by atoms with E-state index in [0.29, 0.717) is 23.5 Å². The zero-order valence-electron chi connectivity index (χ0n) is 30.3. The van der Waals surface area contributed by atoms with Gasteiger partial charge in [-0.05, 0) is 84.4 Å². The standard InChI is InChI=1S/C46H50N2O/c1-29(2)36-20-14-21-37(30(3)4)44(36)48-42-25-12-11-24-41(42)47(7)46(48)43-31(5)26-27-38(32(43)6)40-23-15-22-39(45(40)49)35-19-13-18-34(28-35)33-16-9-8-10-17-33/h11-15,18-30,33H,8-10,16-17H2,1-7H3/p+1. The number of aryl methyl sites for hydroxylation is 2. The lowest BCUT2D eigenvalue weighted by Gasteiger charge is -2.22. The molecule has 1 aromatic heterocycles. The van der Waals surface area contributed by atoms with Crippen molar-refractivity contribution in [3.63, 3.8) is 0 Å². The van der Waals surface area contributed by atoms with Crippen LogP contribution in [0.4, 0.5) is 0 Å². The van der Waals surface area contributed by atoms with Crippen molar-refractivity contribution < 1.29 is 9.67 Å². The minimum Gasteiger partial charge on any atom is -0.507 e. The Morgan fingerprint density at radius 2 is 1.35 bits per heavy atom. The lowest BCUT2D eigenvalue weighted by atomic mass is 9.83. The highest BCUT2D eigenvalue weighted by Gasteiger charge is 2.33. The van der Waals surface area contributed by atoms with E-state index in [-0.39, 0.29) is 0 Å². The van der Waals surface area contributed by atoms with Crippen LogP contribution in [0.1, 0.15) is 105 Å². The SMILES string of the molecule is Cc1ccc(-c2cccc(-c3cccc(C4CCCCC4)c3)c2O)c(C)c1-c1n(-c2c(C(C)C)cccc2C(C)C)c2ccccc2[n+]1C. The molecule has 0 unspecified atom stereocenters. The molecule has 49 heavy (non-hydrogen) atoms. The molecular formula is C46H51N2O+. The third kappa shape index (κ3) is 5.78. The Labute approximate surface area is 292 Å². The summed E-state index contributed by atoms with van der Waals surface area (Å²) in [7, 11) is 2.20. The molecule has 6 aromatic rings. The zero-order chi connectivity index (χ0) is 34.4. The Balaban J connectivity index is 1.45. The quantitative estimate of drug-likeness (QED) is 0.172. The van der Waals surface area contributed by atoms with E-state index in [9.17, 15) is 5.11 Å². The van der Waals surface area contributed by atoms with E-state index in [1.807, 2.05) is 0 Å². The fourth-order valence-corrected chi connectivity index (χ4v) is 8.46. The molecule has 1 fully saturated rings. The number of phenols is 1. The molecule has 0 radical (unpaired) electrons. The number of aromatic nitrogens is 2. The van der Waals surface area contributed by atoms with Crippen LogP contribution in [-0.4, -0.2) is 9.67 Å². The fourth-order valence-electron chi connectivity index (χ4n) is 8.46. The first-order valence-corrected chi connectivity index (χ1v) is 18.3. The average Bonchev–Trinajstić information content (AvgIpc) is 3.40. The summed E-state index contributed by atoms with van der Waals surface area (Å²) in [5, 5.41) is 12.0. The maximum absolute atomic E-state index is 12.0. The van der Waals surface area contributed by atoms with Gasteiger partial charge in [-0.25, -0.2) is 4.57 Å². The minimum absolute atomic E-state index is 0.346. The Morgan fingerprint density at radius 3 is 2.06 bits per heavy atom. The van der Waals surface area contributed by atoms with Crippen molar-refractivity contribution in [1.82, 2.24) is 4.57 Å². The van der Waals surface area contributed by atoms with Crippen LogP contribution < -0.4 is 4.57 Å². The van der Waals surface area contributed by atoms with E-state index in [1.165, 1.54) is 76.6 Å². The molecular weight excluding hydrogens is 597 g/mol. The number of aromatic hydroxyl groups is 1. The number of fused-ring (bicyclic) bond motifs is 1. The molecule has 7 rings (SSSR count). The summed E-state index contributed by atoms with van der Waals surface area (Å²) in [5.74, 6) is 2.84. The Hall–Kier alpha value is -4.63. The van der Waals surface area contributed by atoms with Crippen LogP contribution in [0.15, 0.2) is 97.1 Å². The summed E-state index contributed by atoms with van der Waals surface area (Å²) in [6, 6.07) is 35.2. The number of hydrogen-bond acceptors (Lipinski definition) is 1. The molecule has 0 atom stereocenters. The molecule has 250 valence electrons. The molecule has 0 saturated heterocycles. The van der Waals surface area contributed by atoms with Gasteiger partial charge in [0.2, 0.25) is 0 Å². The van der Waals surface area contributed by atoms with E-state index in [0.717, 1.165) is 33.6 Å². The number of rotatable bonds is 7. The van der Waals surface area contributed by atoms with E-state index in [1.54, 1.807) is 0 Å². The number of benzene rings is 5. The summed E-state index contributed by atoms with van der Waals surface area (Å²) < 4.78 is 4.88. The van der Waals surface area contributed by atoms with Gasteiger partial charge >= 0.3 is 0 Å². The van der Waals surface area contributed by atoms with E-state index in [2.05, 4.69) is 155 Å². The fraction of sp³-hybridized carbons (Fsp3) is 0.326. The van der Waals surface area contributed by atoms with Gasteiger partial charge in [-0.15, -0.1) is 0 Å². The lowest BCUT2D eigenvalue weighted by molar-refractivity contribution is -0.633. The number of nitrogens with zero attached hydrogens (tertiary/aromatic N) is 2. The highest BCUT2D eigenvalue weighted by atomic mass is 16.3. The average molecular weight is 648 g/mol. The Morgan fingerprint density at radius 1 is 0.694 bits per heavy atom. The summed E-state index contributed by atoms with van der Waals surface area (Å²) in [6.07, 6.45) is 6.48. The second-order valence-corrected chi connectivity index (χ2v) is 14.9. The number of hydrogen-bond donors (Lipinski definition) is 1. The molecule has 0 amide bonds. The van der Waals surface area contributed by atoms with Crippen molar-refractivity contribution in [3.05, 3.63) is 125 Å². The van der Waals surface area contributed by atoms with Crippen LogP contribution in [0.25, 0.3) is 50.4 Å². The molecule has 1 aliphatic rings. The van der Waals surface area contributed by atoms with E-state index < -0.39 is 0 Å². The highest BCUT2D eigenvalue weighted by Crippen LogP contribution is 2.44. The van der Waals surface area contributed by atoms with Crippen LogP contribution in [-0.2, 0) is 7.05 Å². The first-order valence-electron chi connectivity index (χ1n) is 18.3. The van der Waals surface area contributed by atoms with Crippen LogP contribution in [0.3, 0.4) is 0 Å². The Bertz CT molecular complexity index is 2130. The van der Waals surface area contributed by atoms with Crippen molar-refractivity contribution in [2.75, 3.05) is 0 Å². The van der Waals surface area contributed by atoms with Gasteiger partial charge in [0.05, 0.1) is 12.6 Å². The number of imidazole rings is 1. The van der Waals surface area contributed by atoms with Crippen LogP contribution in [0, 0.1) is 13.8 Å². The van der Waals surface area contributed by atoms with Gasteiger partial charge < -0.3 is 5.11 Å². The third-order valence-electron chi connectivity index (χ3n) is 11.1. The number of phenolic OH excluding ortho intramolecular Hbond substituents is 1. The van der Waals surface area contributed by atoms with Gasteiger partial charge in [0.25, 0.3) is 5.82 Å². The summed E-state index contributed by atoms with van der Waals surface area (Å²) in [4.78, 5) is 0. The van der Waals surface area contributed by atoms with Crippen molar-refractivity contribution in [2.24, 2.45) is 7.05 Å². The van der Waals surface area contributed by atoms with Gasteiger partial charge in [0.15, 0.2) is 11.0 Å². The molecule has 0 spiro atoms. The largest absolute Gasteiger partial charge is 0.507 e. The summed E-state index contributed by atoms with van der Waals surface area (Å²) >= 11 is 0. The van der Waals surface area contributed by atoms with Crippen molar-refractivity contribution in [3.8, 4) is 45.1 Å². The predicted molar refractivity (Wildman–Crippen MR) is 206 cm³/mol. The second kappa shape index (κ2) is 13.3. The Kier molecular flexibility index (Phi) is 8.96. The predicted octanol–water partition coefficient (Wildman–Crippen LogP) is 12.1. The topological polar surface area (TPSA) is 29.0 Å². The molecule has 3 heteroatoms. The maximum Gasteiger partial charge on any atom is 0.295 e. The highest BCUT2D eigenvalue weighted by molar-refractivity contribution is 5.88. The zero-order valence-corrected chi connectivity index (χ0v) is 30.3. The van der Waals surface area contributed by atoms with Gasteiger partial charge in [-0.1, -0.05) is 132 Å². The van der Waals surface area contributed by atoms with Gasteiger partial charge in [-0.2, -0.15) is 4.57 Å². The third-order valence-corrected chi connectivity index (χ3v) is 11.1. The summed E-state index contributed by atoms with van der Waals surface area (Å²) in [6.45, 7) is 13.6. The first kappa shape index (κ1) is 32.9.